The van der Waals surface area contributed by atoms with Crippen molar-refractivity contribution < 1.29 is 3.89 Å². The van der Waals surface area contributed by atoms with Crippen LogP contribution in [0.1, 0.15) is 0 Å². The van der Waals surface area contributed by atoms with Crippen LogP contribution in [-0.2, 0) is 0 Å². The van der Waals surface area contributed by atoms with Crippen LogP contribution in [0.5, 0.6) is 0 Å². The molecule has 0 amide bonds. The lowest BCUT2D eigenvalue weighted by atomic mass is 10.8. The molecule has 0 N–H and O–H groups in total. The van der Waals surface area contributed by atoms with Gasteiger partial charge in [-0.1, -0.05) is 0 Å². The van der Waals surface area contributed by atoms with Crippen molar-refractivity contribution in [3.8, 4) is 0 Å². The fraction of sp³-hybridized carbons (Fsp3) is 0. The summed E-state index contributed by atoms with van der Waals surface area (Å²) in [6.07, 6.45) is 1.52. The zero-order chi connectivity index (χ0) is 5.98. The Bertz CT molecular complexity index is 178. The Morgan fingerprint density at radius 1 is 1.88 bits per heavy atom. The molecule has 0 saturated heterocycles. The van der Waals surface area contributed by atoms with Gasteiger partial charge in [0.15, 0.2) is 12.3 Å². The van der Waals surface area contributed by atoms with Crippen LogP contribution in [0.15, 0.2) is 16.9 Å². The molecule has 2 nitrogen and oxygen atoms in total. The zero-order valence-corrected chi connectivity index (χ0v) is 6.12. The van der Waals surface area contributed by atoms with Crippen LogP contribution in [0, 0.1) is 0 Å². The number of hydrogen-bond donors (Lipinski definition) is 0. The van der Waals surface area contributed by atoms with Gasteiger partial charge in [-0.05, 0) is 22.0 Å². The third kappa shape index (κ3) is 1.23. The molecule has 1 rings (SSSR count). The van der Waals surface area contributed by atoms with E-state index in [0.717, 1.165) is 4.09 Å². The molecule has 0 bridgehead atoms. The van der Waals surface area contributed by atoms with Crippen LogP contribution in [0.4, 0.5) is 3.89 Å². The SMILES string of the molecule is FSn1ccc(Br)n1. The van der Waals surface area contributed by atoms with Gasteiger partial charge in [-0.3, -0.25) is 0 Å². The molecule has 0 aromatic carbocycles. The lowest BCUT2D eigenvalue weighted by Gasteiger charge is -1.82. The Hall–Kier alpha value is -0.0300. The molecular weight excluding hydrogens is 195 g/mol. The number of hydrogen-bond acceptors (Lipinski definition) is 2. The number of nitrogens with zero attached hydrogens (tertiary/aromatic N) is 2. The molecule has 44 valence electrons. The van der Waals surface area contributed by atoms with Gasteiger partial charge >= 0.3 is 0 Å². The van der Waals surface area contributed by atoms with Crippen LogP contribution in [-0.4, -0.2) is 9.19 Å². The van der Waals surface area contributed by atoms with Crippen LogP contribution in [0.3, 0.4) is 0 Å². The first kappa shape index (κ1) is 6.10. The highest BCUT2D eigenvalue weighted by atomic mass is 79.9. The first-order chi connectivity index (χ1) is 3.83. The number of halogens is 2. The highest BCUT2D eigenvalue weighted by Gasteiger charge is 1.91. The predicted octanol–water partition coefficient (Wildman–Crippen LogP) is 2.03. The minimum atomic E-state index is 0.0652. The second-order valence-corrected chi connectivity index (χ2v) is 2.43. The molecule has 0 aliphatic rings. The van der Waals surface area contributed by atoms with Gasteiger partial charge in [-0.2, -0.15) is 9.19 Å². The first-order valence-corrected chi connectivity index (χ1v) is 3.30. The first-order valence-electron chi connectivity index (χ1n) is 1.83. The maximum absolute atomic E-state index is 11.5. The van der Waals surface area contributed by atoms with E-state index in [1.807, 2.05) is 0 Å². The predicted molar refractivity (Wildman–Crippen MR) is 34.0 cm³/mol. The van der Waals surface area contributed by atoms with E-state index in [-0.39, 0.29) is 12.3 Å². The maximum Gasteiger partial charge on any atom is 0.187 e. The molecule has 0 fully saturated rings. The highest BCUT2D eigenvalue weighted by molar-refractivity contribution is 9.10. The van der Waals surface area contributed by atoms with Crippen LogP contribution < -0.4 is 0 Å². The quantitative estimate of drug-likeness (QED) is 0.685. The van der Waals surface area contributed by atoms with E-state index in [2.05, 4.69) is 21.0 Å². The summed E-state index contributed by atoms with van der Waals surface area (Å²) in [5.74, 6) is 0. The normalized spacial score (nSPS) is 9.75. The smallest absolute Gasteiger partial charge is 0.183 e. The molecule has 1 aromatic rings. The van der Waals surface area contributed by atoms with E-state index in [1.165, 1.54) is 6.20 Å². The van der Waals surface area contributed by atoms with Crippen molar-refractivity contribution in [1.82, 2.24) is 9.19 Å². The van der Waals surface area contributed by atoms with E-state index in [4.69, 9.17) is 0 Å². The van der Waals surface area contributed by atoms with E-state index in [1.54, 1.807) is 6.07 Å². The fourth-order valence-corrected chi connectivity index (χ4v) is 0.944. The number of aromatic nitrogens is 2. The second kappa shape index (κ2) is 2.50. The molecular formula is C3H2BrFN2S. The van der Waals surface area contributed by atoms with Gasteiger partial charge in [-0.25, -0.2) is 0 Å². The highest BCUT2D eigenvalue weighted by Crippen LogP contribution is 2.09. The fourth-order valence-electron chi connectivity index (χ4n) is 0.325. The average molecular weight is 197 g/mol. The van der Waals surface area contributed by atoms with Crippen molar-refractivity contribution in [2.24, 2.45) is 0 Å². The molecule has 1 aromatic heterocycles. The van der Waals surface area contributed by atoms with Crippen molar-refractivity contribution in [2.45, 2.75) is 0 Å². The monoisotopic (exact) mass is 196 g/mol. The molecule has 1 heterocycles. The van der Waals surface area contributed by atoms with E-state index in [0.29, 0.717) is 4.60 Å². The molecule has 0 unspecified atom stereocenters. The Labute approximate surface area is 58.6 Å². The summed E-state index contributed by atoms with van der Waals surface area (Å²) in [6.45, 7) is 0. The van der Waals surface area contributed by atoms with Crippen molar-refractivity contribution >= 4 is 28.3 Å². The Morgan fingerprint density at radius 3 is 2.88 bits per heavy atom. The molecule has 5 heteroatoms. The molecule has 0 saturated carbocycles. The average Bonchev–Trinajstić information content (AvgIpc) is 2.14. The van der Waals surface area contributed by atoms with Gasteiger partial charge in [0, 0.05) is 6.20 Å². The zero-order valence-electron chi connectivity index (χ0n) is 3.71. The summed E-state index contributed by atoms with van der Waals surface area (Å²) in [7, 11) is 0. The summed E-state index contributed by atoms with van der Waals surface area (Å²) in [6, 6.07) is 1.66. The van der Waals surface area contributed by atoms with Crippen molar-refractivity contribution in [3.63, 3.8) is 0 Å². The Morgan fingerprint density at radius 2 is 2.62 bits per heavy atom. The van der Waals surface area contributed by atoms with E-state index < -0.39 is 0 Å². The standard InChI is InChI=1S/C3H2BrFN2S/c4-3-1-2-7(6-3)8-5/h1-2H. The minimum Gasteiger partial charge on any atom is -0.183 e. The van der Waals surface area contributed by atoms with Crippen LogP contribution >= 0.6 is 28.3 Å². The molecule has 0 aliphatic carbocycles. The summed E-state index contributed by atoms with van der Waals surface area (Å²) in [5, 5.41) is 3.65. The third-order valence-corrected chi connectivity index (χ3v) is 1.37. The Balaban J connectivity index is 2.84. The van der Waals surface area contributed by atoms with E-state index >= 15 is 0 Å². The van der Waals surface area contributed by atoms with E-state index in [9.17, 15) is 3.89 Å². The van der Waals surface area contributed by atoms with Gasteiger partial charge < -0.3 is 0 Å². The molecule has 0 aliphatic heterocycles. The molecule has 0 spiro atoms. The summed E-state index contributed by atoms with van der Waals surface area (Å²) in [5.41, 5.74) is 0. The molecule has 8 heavy (non-hydrogen) atoms. The van der Waals surface area contributed by atoms with Crippen LogP contribution in [0.25, 0.3) is 0 Å². The van der Waals surface area contributed by atoms with Gasteiger partial charge in [0.2, 0.25) is 0 Å². The summed E-state index contributed by atoms with van der Waals surface area (Å²) < 4.78 is 13.3. The number of rotatable bonds is 1. The lowest BCUT2D eigenvalue weighted by molar-refractivity contribution is 0.874. The van der Waals surface area contributed by atoms with Gasteiger partial charge in [-0.15, -0.1) is 3.89 Å². The van der Waals surface area contributed by atoms with Crippen molar-refractivity contribution in [3.05, 3.63) is 16.9 Å². The third-order valence-electron chi connectivity index (χ3n) is 0.604. The molecule has 0 atom stereocenters. The largest absolute Gasteiger partial charge is 0.187 e. The van der Waals surface area contributed by atoms with Crippen LogP contribution in [0.2, 0.25) is 0 Å². The van der Waals surface area contributed by atoms with Gasteiger partial charge in [0.05, 0.1) is 0 Å². The minimum absolute atomic E-state index is 0.0652. The summed E-state index contributed by atoms with van der Waals surface area (Å²) >= 11 is 3.13. The van der Waals surface area contributed by atoms with Gasteiger partial charge in [0.25, 0.3) is 0 Å². The topological polar surface area (TPSA) is 17.8 Å². The van der Waals surface area contributed by atoms with Crippen molar-refractivity contribution in [1.29, 1.82) is 0 Å². The summed E-state index contributed by atoms with van der Waals surface area (Å²) in [4.78, 5) is 0. The second-order valence-electron chi connectivity index (χ2n) is 1.11. The van der Waals surface area contributed by atoms with Gasteiger partial charge in [0.1, 0.15) is 4.60 Å². The molecule has 0 radical (unpaired) electrons. The lowest BCUT2D eigenvalue weighted by Crippen LogP contribution is -1.80. The Kier molecular flexibility index (Phi) is 1.90. The van der Waals surface area contributed by atoms with Crippen molar-refractivity contribution in [2.75, 3.05) is 0 Å². The maximum atomic E-state index is 11.5.